The van der Waals surface area contributed by atoms with Crippen LogP contribution in [0.2, 0.25) is 0 Å². The Morgan fingerprint density at radius 2 is 2.57 bits per heavy atom. The van der Waals surface area contributed by atoms with Gasteiger partial charge in [0, 0.05) is 0 Å². The van der Waals surface area contributed by atoms with Crippen molar-refractivity contribution in [3.63, 3.8) is 0 Å². The van der Waals surface area contributed by atoms with Crippen molar-refractivity contribution in [1.29, 1.82) is 0 Å². The Labute approximate surface area is 44.4 Å². The molecule has 3 nitrogen and oxygen atoms in total. The van der Waals surface area contributed by atoms with Crippen LogP contribution in [0.25, 0.3) is 0 Å². The van der Waals surface area contributed by atoms with Gasteiger partial charge in [-0.1, -0.05) is 9.39 Å². The van der Waals surface area contributed by atoms with Gasteiger partial charge in [0.05, 0.1) is 12.6 Å². The third-order valence-corrected chi connectivity index (χ3v) is 1.00. The van der Waals surface area contributed by atoms with E-state index in [9.17, 15) is 4.79 Å². The Bertz CT molecular complexity index is 54.9. The third-order valence-electron chi connectivity index (χ3n) is 0.575. The minimum Gasteiger partial charge on any atom is -0.394 e. The van der Waals surface area contributed by atoms with Gasteiger partial charge in [0.2, 0.25) is 0 Å². The SMILES string of the molecule is O=CC(CO)NP. The van der Waals surface area contributed by atoms with Gasteiger partial charge in [-0.2, -0.15) is 0 Å². The van der Waals surface area contributed by atoms with Crippen molar-refractivity contribution in [3.8, 4) is 0 Å². The summed E-state index contributed by atoms with van der Waals surface area (Å²) in [7, 11) is 2.14. The van der Waals surface area contributed by atoms with Crippen molar-refractivity contribution in [2.45, 2.75) is 6.04 Å². The molecule has 0 aromatic carbocycles. The number of carbonyl (C=O) groups excluding carboxylic acids is 1. The summed E-state index contributed by atoms with van der Waals surface area (Å²) in [6.45, 7) is -0.146. The van der Waals surface area contributed by atoms with Gasteiger partial charge in [-0.05, 0) is 0 Å². The van der Waals surface area contributed by atoms with E-state index < -0.39 is 6.04 Å². The number of hydrogen-bond donors (Lipinski definition) is 2. The summed E-state index contributed by atoms with van der Waals surface area (Å²) in [6, 6.07) is -0.426. The van der Waals surface area contributed by atoms with Gasteiger partial charge in [-0.15, -0.1) is 0 Å². The van der Waals surface area contributed by atoms with E-state index in [4.69, 9.17) is 5.11 Å². The molecule has 7 heavy (non-hydrogen) atoms. The molecule has 0 saturated carbocycles. The van der Waals surface area contributed by atoms with E-state index in [1.807, 2.05) is 0 Å². The fourth-order valence-corrected chi connectivity index (χ4v) is 0.319. The van der Waals surface area contributed by atoms with Gasteiger partial charge in [0.1, 0.15) is 6.29 Å². The normalized spacial score (nSPS) is 13.4. The highest BCUT2D eigenvalue weighted by Gasteiger charge is 1.96. The van der Waals surface area contributed by atoms with E-state index in [2.05, 4.69) is 14.5 Å². The third kappa shape index (κ3) is 2.68. The molecule has 0 rings (SSSR count). The van der Waals surface area contributed by atoms with E-state index in [0.29, 0.717) is 6.29 Å². The molecular weight excluding hydrogens is 113 g/mol. The number of carbonyl (C=O) groups is 1. The molecule has 42 valence electrons. The number of hydrogen-bond acceptors (Lipinski definition) is 3. The largest absolute Gasteiger partial charge is 0.394 e. The van der Waals surface area contributed by atoms with Crippen molar-refractivity contribution >= 4 is 15.7 Å². The van der Waals surface area contributed by atoms with Crippen molar-refractivity contribution in [2.75, 3.05) is 6.61 Å². The predicted octanol–water partition coefficient (Wildman–Crippen LogP) is -1.07. The Morgan fingerprint density at radius 3 is 2.57 bits per heavy atom. The summed E-state index contributed by atoms with van der Waals surface area (Å²) in [4.78, 5) is 9.73. The lowest BCUT2D eigenvalue weighted by Gasteiger charge is -1.99. The number of aliphatic hydroxyl groups excluding tert-OH is 1. The van der Waals surface area contributed by atoms with Crippen LogP contribution in [-0.4, -0.2) is 24.0 Å². The zero-order valence-electron chi connectivity index (χ0n) is 3.79. The van der Waals surface area contributed by atoms with E-state index in [0.717, 1.165) is 0 Å². The van der Waals surface area contributed by atoms with Crippen molar-refractivity contribution in [2.24, 2.45) is 0 Å². The van der Waals surface area contributed by atoms with Crippen LogP contribution in [0.5, 0.6) is 0 Å². The molecule has 0 heterocycles. The Morgan fingerprint density at radius 1 is 2.00 bits per heavy atom. The summed E-state index contributed by atoms with van der Waals surface area (Å²) < 4.78 is 0. The van der Waals surface area contributed by atoms with Crippen molar-refractivity contribution < 1.29 is 9.90 Å². The maximum absolute atomic E-state index is 9.73. The molecule has 0 aliphatic heterocycles. The second kappa shape index (κ2) is 4.19. The Kier molecular flexibility index (Phi) is 4.20. The minimum absolute atomic E-state index is 0.146. The predicted molar refractivity (Wildman–Crippen MR) is 29.8 cm³/mol. The van der Waals surface area contributed by atoms with Crippen LogP contribution in [0.3, 0.4) is 0 Å². The smallest absolute Gasteiger partial charge is 0.139 e. The number of aliphatic hydroxyl groups is 1. The number of rotatable bonds is 3. The highest BCUT2D eigenvalue weighted by Crippen LogP contribution is 1.77. The second-order valence-electron chi connectivity index (χ2n) is 1.09. The van der Waals surface area contributed by atoms with Gasteiger partial charge in [-0.3, -0.25) is 5.09 Å². The van der Waals surface area contributed by atoms with Gasteiger partial charge in [-0.25, -0.2) is 0 Å². The molecule has 4 heteroatoms. The molecule has 0 aromatic heterocycles. The van der Waals surface area contributed by atoms with E-state index >= 15 is 0 Å². The molecule has 0 spiro atoms. The molecule has 0 aliphatic rings. The topological polar surface area (TPSA) is 49.3 Å². The lowest BCUT2D eigenvalue weighted by molar-refractivity contribution is -0.109. The van der Waals surface area contributed by atoms with Crippen LogP contribution in [0.1, 0.15) is 0 Å². The number of aldehydes is 1. The van der Waals surface area contributed by atoms with Gasteiger partial charge in [0.25, 0.3) is 0 Å². The monoisotopic (exact) mass is 121 g/mol. The fraction of sp³-hybridized carbons (Fsp3) is 0.667. The summed E-state index contributed by atoms with van der Waals surface area (Å²) in [6.07, 6.45) is 0.646. The van der Waals surface area contributed by atoms with E-state index in [-0.39, 0.29) is 6.61 Å². The Hall–Kier alpha value is 0.0200. The molecule has 0 radical (unpaired) electrons. The molecule has 0 bridgehead atoms. The van der Waals surface area contributed by atoms with Crippen LogP contribution in [0.4, 0.5) is 0 Å². The lowest BCUT2D eigenvalue weighted by Crippen LogP contribution is -2.25. The molecule has 0 aromatic rings. The molecule has 0 fully saturated rings. The second-order valence-corrected chi connectivity index (χ2v) is 1.43. The average Bonchev–Trinajstić information content (AvgIpc) is 1.72. The first kappa shape index (κ1) is 7.02. The van der Waals surface area contributed by atoms with Gasteiger partial charge < -0.3 is 9.90 Å². The van der Waals surface area contributed by atoms with Crippen LogP contribution in [0.15, 0.2) is 0 Å². The molecule has 2 atom stereocenters. The van der Waals surface area contributed by atoms with E-state index in [1.165, 1.54) is 0 Å². The van der Waals surface area contributed by atoms with Crippen molar-refractivity contribution in [1.82, 2.24) is 5.09 Å². The van der Waals surface area contributed by atoms with Crippen molar-refractivity contribution in [3.05, 3.63) is 0 Å². The molecule has 2 N–H and O–H groups in total. The first-order valence-corrected chi connectivity index (χ1v) is 2.45. The zero-order chi connectivity index (χ0) is 5.70. The highest BCUT2D eigenvalue weighted by molar-refractivity contribution is 7.13. The molecule has 0 aliphatic carbocycles. The van der Waals surface area contributed by atoms with Crippen LogP contribution in [0, 0.1) is 0 Å². The summed E-state index contributed by atoms with van der Waals surface area (Å²) in [5.41, 5.74) is 0. The minimum atomic E-state index is -0.426. The maximum Gasteiger partial charge on any atom is 0.139 e. The average molecular weight is 121 g/mol. The molecular formula is C3H8NO2P. The maximum atomic E-state index is 9.73. The fourth-order valence-electron chi connectivity index (χ4n) is 0.135. The zero-order valence-corrected chi connectivity index (χ0v) is 4.95. The number of nitrogens with one attached hydrogen (secondary N) is 1. The van der Waals surface area contributed by atoms with Gasteiger partial charge >= 0.3 is 0 Å². The first-order chi connectivity index (χ1) is 3.35. The van der Waals surface area contributed by atoms with Crippen LogP contribution in [-0.2, 0) is 4.79 Å². The lowest BCUT2D eigenvalue weighted by atomic mass is 10.4. The van der Waals surface area contributed by atoms with Crippen LogP contribution < -0.4 is 5.09 Å². The summed E-state index contributed by atoms with van der Waals surface area (Å²) in [5, 5.41) is 10.7. The summed E-state index contributed by atoms with van der Waals surface area (Å²) in [5.74, 6) is 0. The van der Waals surface area contributed by atoms with Crippen LogP contribution >= 0.6 is 9.39 Å². The summed E-state index contributed by atoms with van der Waals surface area (Å²) >= 11 is 0. The molecule has 2 unspecified atom stereocenters. The first-order valence-electron chi connectivity index (χ1n) is 1.87. The standard InChI is InChI=1S/C3H8NO2P/c5-1-3(2-6)4-7/h1,3-4,6H,2,7H2. The quantitative estimate of drug-likeness (QED) is 0.369. The highest BCUT2D eigenvalue weighted by atomic mass is 31.0. The molecule has 0 saturated heterocycles. The van der Waals surface area contributed by atoms with Gasteiger partial charge in [0.15, 0.2) is 0 Å². The molecule has 0 amide bonds. The Balaban J connectivity index is 3.16. The van der Waals surface area contributed by atoms with E-state index in [1.54, 1.807) is 0 Å².